The normalized spacial score (nSPS) is 21.4. The average Bonchev–Trinajstić information content (AvgIpc) is 3.34. The Morgan fingerprint density at radius 1 is 0.513 bits per heavy atom. The number of nitrogens with zero attached hydrogens (tertiary/aromatic N) is 1. The molecule has 0 spiro atoms. The number of aromatic nitrogens is 1. The zero-order valence-corrected chi connectivity index (χ0v) is 24.9. The molecule has 2 aliphatic heterocycles. The molecule has 3 heterocycles. The summed E-state index contributed by atoms with van der Waals surface area (Å²) in [6.45, 7) is 21.0. The molecule has 2 fully saturated rings. The molecule has 7 heteroatoms. The van der Waals surface area contributed by atoms with Crippen LogP contribution < -0.4 is 10.9 Å². The van der Waals surface area contributed by atoms with Crippen molar-refractivity contribution in [3.05, 3.63) is 65.7 Å². The zero-order chi connectivity index (χ0) is 28.1. The van der Waals surface area contributed by atoms with Gasteiger partial charge in [-0.1, -0.05) is 30.3 Å². The lowest BCUT2D eigenvalue weighted by Crippen LogP contribution is -2.41. The van der Waals surface area contributed by atoms with Crippen LogP contribution in [0, 0.1) is 13.8 Å². The number of fused-ring (bicyclic) bond motifs is 3. The lowest BCUT2D eigenvalue weighted by Gasteiger charge is -2.32. The smallest absolute Gasteiger partial charge is 0.399 e. The first-order chi connectivity index (χ1) is 18.1. The minimum absolute atomic E-state index is 0.398. The summed E-state index contributed by atoms with van der Waals surface area (Å²) in [4.78, 5) is 0. The topological polar surface area (TPSA) is 41.9 Å². The maximum absolute atomic E-state index is 6.42. The van der Waals surface area contributed by atoms with E-state index in [9.17, 15) is 0 Å². The lowest BCUT2D eigenvalue weighted by molar-refractivity contribution is 0.00578. The van der Waals surface area contributed by atoms with Crippen LogP contribution in [0.5, 0.6) is 0 Å². The molecule has 3 aromatic carbocycles. The van der Waals surface area contributed by atoms with Crippen LogP contribution in [-0.4, -0.2) is 41.2 Å². The molecule has 0 aliphatic carbocycles. The number of benzene rings is 3. The van der Waals surface area contributed by atoms with Crippen molar-refractivity contribution in [1.82, 2.24) is 4.57 Å². The van der Waals surface area contributed by atoms with Gasteiger partial charge in [0.05, 0.1) is 33.4 Å². The van der Waals surface area contributed by atoms with E-state index in [2.05, 4.69) is 128 Å². The highest BCUT2D eigenvalue weighted by molar-refractivity contribution is 6.63. The molecule has 1 aromatic heterocycles. The average molecular weight is 523 g/mol. The second kappa shape index (κ2) is 8.47. The monoisotopic (exact) mass is 523 g/mol. The van der Waals surface area contributed by atoms with Gasteiger partial charge in [0.2, 0.25) is 0 Å². The van der Waals surface area contributed by atoms with Crippen LogP contribution in [0.3, 0.4) is 0 Å². The third kappa shape index (κ3) is 4.17. The second-order valence-corrected chi connectivity index (χ2v) is 13.4. The van der Waals surface area contributed by atoms with Crippen LogP contribution >= 0.6 is 0 Å². The van der Waals surface area contributed by atoms with E-state index >= 15 is 0 Å². The maximum Gasteiger partial charge on any atom is 0.494 e. The van der Waals surface area contributed by atoms with Crippen molar-refractivity contribution in [3.8, 4) is 5.69 Å². The van der Waals surface area contributed by atoms with E-state index in [1.54, 1.807) is 0 Å². The van der Waals surface area contributed by atoms with Crippen molar-refractivity contribution in [3.63, 3.8) is 0 Å². The molecule has 5 nitrogen and oxygen atoms in total. The van der Waals surface area contributed by atoms with Crippen molar-refractivity contribution in [2.24, 2.45) is 0 Å². The fourth-order valence-electron chi connectivity index (χ4n) is 5.66. The van der Waals surface area contributed by atoms with Crippen molar-refractivity contribution >= 4 is 47.0 Å². The molecule has 0 saturated carbocycles. The van der Waals surface area contributed by atoms with Crippen LogP contribution in [0.15, 0.2) is 54.6 Å². The van der Waals surface area contributed by atoms with Crippen LogP contribution in [-0.2, 0) is 18.6 Å². The molecule has 0 radical (unpaired) electrons. The lowest BCUT2D eigenvalue weighted by atomic mass is 9.78. The van der Waals surface area contributed by atoms with Gasteiger partial charge in [0, 0.05) is 16.5 Å². The Morgan fingerprint density at radius 2 is 0.872 bits per heavy atom. The summed E-state index contributed by atoms with van der Waals surface area (Å²) in [5, 5.41) is 2.37. The van der Waals surface area contributed by atoms with Gasteiger partial charge in [0.1, 0.15) is 0 Å². The number of hydrogen-bond donors (Lipinski definition) is 0. The summed E-state index contributed by atoms with van der Waals surface area (Å²) in [5.41, 5.74) is 6.26. The zero-order valence-electron chi connectivity index (χ0n) is 24.9. The summed E-state index contributed by atoms with van der Waals surface area (Å²) in [6.07, 6.45) is 0. The Morgan fingerprint density at radius 3 is 1.23 bits per heavy atom. The van der Waals surface area contributed by atoms with E-state index < -0.39 is 36.6 Å². The Hall–Kier alpha value is -2.57. The third-order valence-corrected chi connectivity index (χ3v) is 9.33. The van der Waals surface area contributed by atoms with Crippen molar-refractivity contribution in [2.75, 3.05) is 0 Å². The van der Waals surface area contributed by atoms with Crippen LogP contribution in [0.2, 0.25) is 0 Å². The van der Waals surface area contributed by atoms with Crippen molar-refractivity contribution in [1.29, 1.82) is 0 Å². The quantitative estimate of drug-likeness (QED) is 0.309. The van der Waals surface area contributed by atoms with Gasteiger partial charge in [-0.05, 0) is 116 Å². The van der Waals surface area contributed by atoms with Crippen LogP contribution in [0.1, 0.15) is 66.5 Å². The first-order valence-corrected chi connectivity index (χ1v) is 14.0. The first-order valence-electron chi connectivity index (χ1n) is 14.0. The van der Waals surface area contributed by atoms with Crippen molar-refractivity contribution in [2.45, 2.75) is 91.6 Å². The molecule has 0 unspecified atom stereocenters. The van der Waals surface area contributed by atoms with Crippen LogP contribution in [0.25, 0.3) is 27.5 Å². The SMILES string of the molecule is Cc1cc(C)cc(-n2c3cc(B4OC(C)(C)C(C)(C)O4)ccc3c3ccc(B4OC(C)(C)C(C)(C)O4)cc32)c1. The summed E-state index contributed by atoms with van der Waals surface area (Å²) in [6, 6.07) is 19.8. The molecular formula is C32H39B2NO4. The van der Waals surface area contributed by atoms with E-state index in [0.29, 0.717) is 0 Å². The molecule has 0 N–H and O–H groups in total. The largest absolute Gasteiger partial charge is 0.494 e. The highest BCUT2D eigenvalue weighted by Gasteiger charge is 2.53. The van der Waals surface area contributed by atoms with Crippen molar-refractivity contribution < 1.29 is 18.6 Å². The Labute approximate surface area is 233 Å². The van der Waals surface area contributed by atoms with E-state index in [1.165, 1.54) is 21.9 Å². The van der Waals surface area contributed by atoms with E-state index in [4.69, 9.17) is 18.6 Å². The fourth-order valence-corrected chi connectivity index (χ4v) is 5.66. The van der Waals surface area contributed by atoms with Gasteiger partial charge in [0.25, 0.3) is 0 Å². The predicted octanol–water partition coefficient (Wildman–Crippen LogP) is 6.00. The molecule has 39 heavy (non-hydrogen) atoms. The maximum atomic E-state index is 6.42. The summed E-state index contributed by atoms with van der Waals surface area (Å²) in [5.74, 6) is 0. The van der Waals surface area contributed by atoms with Gasteiger partial charge in [0.15, 0.2) is 0 Å². The van der Waals surface area contributed by atoms with Gasteiger partial charge in [-0.25, -0.2) is 0 Å². The molecule has 0 amide bonds. The van der Waals surface area contributed by atoms with E-state index in [-0.39, 0.29) is 0 Å². The number of rotatable bonds is 3. The minimum atomic E-state index is -0.426. The standard InChI is InChI=1S/C32H39B2NO4/c1-20-15-21(2)17-24(16-20)35-27-18-22(33-36-29(3,4)30(5,6)37-33)11-13-25(27)26-14-12-23(19-28(26)35)34-38-31(7,8)32(9,10)39-34/h11-19H,1-10H3. The number of hydrogen-bond acceptors (Lipinski definition) is 4. The molecular weight excluding hydrogens is 484 g/mol. The van der Waals surface area contributed by atoms with E-state index in [1.807, 2.05) is 0 Å². The minimum Gasteiger partial charge on any atom is -0.399 e. The summed E-state index contributed by atoms with van der Waals surface area (Å²) >= 11 is 0. The van der Waals surface area contributed by atoms with Gasteiger partial charge in [-0.2, -0.15) is 0 Å². The van der Waals surface area contributed by atoms with E-state index in [0.717, 1.165) is 27.6 Å². The molecule has 6 rings (SSSR count). The number of aryl methyl sites for hydroxylation is 2. The second-order valence-electron chi connectivity index (χ2n) is 13.4. The van der Waals surface area contributed by atoms with Gasteiger partial charge >= 0.3 is 14.2 Å². The molecule has 202 valence electrons. The van der Waals surface area contributed by atoms with Gasteiger partial charge < -0.3 is 23.2 Å². The molecule has 2 saturated heterocycles. The van der Waals surface area contributed by atoms with Gasteiger partial charge in [-0.15, -0.1) is 0 Å². The molecule has 4 aromatic rings. The van der Waals surface area contributed by atoms with Gasteiger partial charge in [-0.3, -0.25) is 0 Å². The first kappa shape index (κ1) is 26.6. The Bertz CT molecular complexity index is 1470. The molecule has 0 bridgehead atoms. The molecule has 2 aliphatic rings. The Balaban J connectivity index is 1.56. The fraction of sp³-hybridized carbons (Fsp3) is 0.438. The highest BCUT2D eigenvalue weighted by atomic mass is 16.7. The Kier molecular flexibility index (Phi) is 5.78. The predicted molar refractivity (Wildman–Crippen MR) is 162 cm³/mol. The third-order valence-electron chi connectivity index (χ3n) is 9.33. The van der Waals surface area contributed by atoms with Crippen LogP contribution in [0.4, 0.5) is 0 Å². The summed E-state index contributed by atoms with van der Waals surface area (Å²) in [7, 11) is -0.851. The molecule has 0 atom stereocenters. The summed E-state index contributed by atoms with van der Waals surface area (Å²) < 4.78 is 28.0. The highest BCUT2D eigenvalue weighted by Crippen LogP contribution is 2.39.